The number of carbonyl (C=O) groups is 1. The van der Waals surface area contributed by atoms with Crippen molar-refractivity contribution in [2.75, 3.05) is 49.7 Å². The molecule has 2 aromatic heterocycles. The lowest BCUT2D eigenvalue weighted by molar-refractivity contribution is 0.102. The topological polar surface area (TPSA) is 114 Å². The number of hydrogen-bond acceptors (Lipinski definition) is 7. The van der Waals surface area contributed by atoms with Crippen molar-refractivity contribution in [3.8, 4) is 0 Å². The number of hydrogen-bond donors (Lipinski definition) is 2. The van der Waals surface area contributed by atoms with Crippen molar-refractivity contribution < 1.29 is 14.3 Å². The minimum Gasteiger partial charge on any atom is -0.382 e. The molecule has 1 fully saturated rings. The SMILES string of the molecule is CCOCCCn1c(NC(=O)c2ccc(N3CCOCC3)cc2)nc2cc3[nH]c(=O)c(C)nc3cc21. The molecule has 2 aromatic carbocycles. The van der Waals surface area contributed by atoms with E-state index in [2.05, 4.69) is 25.2 Å². The Bertz CT molecular complexity index is 1440. The van der Waals surface area contributed by atoms with Crippen LogP contribution in [0.25, 0.3) is 22.1 Å². The van der Waals surface area contributed by atoms with E-state index in [-0.39, 0.29) is 11.5 Å². The highest BCUT2D eigenvalue weighted by Gasteiger charge is 2.17. The summed E-state index contributed by atoms with van der Waals surface area (Å²) in [6, 6.07) is 11.3. The highest BCUT2D eigenvalue weighted by atomic mass is 16.5. The first-order valence-corrected chi connectivity index (χ1v) is 12.3. The molecule has 10 heteroatoms. The molecule has 0 unspecified atom stereocenters. The number of carbonyl (C=O) groups excluding carboxylic acids is 1. The van der Waals surface area contributed by atoms with E-state index < -0.39 is 0 Å². The van der Waals surface area contributed by atoms with Gasteiger partial charge in [-0.1, -0.05) is 0 Å². The smallest absolute Gasteiger partial charge is 0.269 e. The van der Waals surface area contributed by atoms with Crippen LogP contribution in [0.5, 0.6) is 0 Å². The third-order valence-electron chi connectivity index (χ3n) is 6.34. The second-order valence-electron chi connectivity index (χ2n) is 8.75. The molecule has 36 heavy (non-hydrogen) atoms. The van der Waals surface area contributed by atoms with Gasteiger partial charge >= 0.3 is 0 Å². The molecule has 0 atom stereocenters. The molecule has 0 spiro atoms. The maximum absolute atomic E-state index is 13.1. The van der Waals surface area contributed by atoms with E-state index in [1.54, 1.807) is 13.0 Å². The van der Waals surface area contributed by atoms with Gasteiger partial charge in [-0.15, -0.1) is 0 Å². The highest BCUT2D eigenvalue weighted by Crippen LogP contribution is 2.25. The molecule has 2 N–H and O–H groups in total. The van der Waals surface area contributed by atoms with Crippen molar-refractivity contribution in [3.05, 3.63) is 58.0 Å². The Hall–Kier alpha value is -3.76. The monoisotopic (exact) mass is 490 g/mol. The lowest BCUT2D eigenvalue weighted by Gasteiger charge is -2.28. The molecule has 188 valence electrons. The van der Waals surface area contributed by atoms with Gasteiger partial charge in [-0.25, -0.2) is 9.97 Å². The molecule has 0 radical (unpaired) electrons. The number of nitrogens with one attached hydrogen (secondary N) is 2. The van der Waals surface area contributed by atoms with E-state index in [9.17, 15) is 9.59 Å². The van der Waals surface area contributed by atoms with Crippen LogP contribution >= 0.6 is 0 Å². The van der Waals surface area contributed by atoms with E-state index >= 15 is 0 Å². The number of H-pyrrole nitrogens is 1. The fourth-order valence-corrected chi connectivity index (χ4v) is 4.41. The molecule has 1 aliphatic heterocycles. The first-order valence-electron chi connectivity index (χ1n) is 12.3. The predicted molar refractivity (Wildman–Crippen MR) is 139 cm³/mol. The van der Waals surface area contributed by atoms with Gasteiger partial charge in [0, 0.05) is 44.1 Å². The van der Waals surface area contributed by atoms with E-state index in [1.165, 1.54) is 0 Å². The summed E-state index contributed by atoms with van der Waals surface area (Å²) in [6.45, 7) is 8.59. The minimum atomic E-state index is -0.239. The van der Waals surface area contributed by atoms with Crippen molar-refractivity contribution in [1.29, 1.82) is 0 Å². The van der Waals surface area contributed by atoms with Gasteiger partial charge in [0.25, 0.3) is 11.5 Å². The zero-order valence-electron chi connectivity index (χ0n) is 20.5. The van der Waals surface area contributed by atoms with Crippen LogP contribution in [0.15, 0.2) is 41.2 Å². The summed E-state index contributed by atoms with van der Waals surface area (Å²) in [5.74, 6) is 0.204. The Morgan fingerprint density at radius 3 is 2.67 bits per heavy atom. The summed E-state index contributed by atoms with van der Waals surface area (Å²) in [5.41, 5.74) is 4.56. The van der Waals surface area contributed by atoms with E-state index in [4.69, 9.17) is 9.47 Å². The Morgan fingerprint density at radius 1 is 1.14 bits per heavy atom. The summed E-state index contributed by atoms with van der Waals surface area (Å²) in [6.07, 6.45) is 0.756. The van der Waals surface area contributed by atoms with Crippen molar-refractivity contribution >= 4 is 39.6 Å². The number of benzene rings is 2. The van der Waals surface area contributed by atoms with E-state index in [0.717, 1.165) is 30.7 Å². The normalized spacial score (nSPS) is 14.0. The Morgan fingerprint density at radius 2 is 1.92 bits per heavy atom. The largest absolute Gasteiger partial charge is 0.382 e. The molecule has 0 aliphatic carbocycles. The first kappa shape index (κ1) is 24.0. The van der Waals surface area contributed by atoms with Crippen molar-refractivity contribution in [1.82, 2.24) is 19.5 Å². The third kappa shape index (κ3) is 4.95. The van der Waals surface area contributed by atoms with Gasteiger partial charge in [0.15, 0.2) is 0 Å². The van der Waals surface area contributed by atoms with Crippen LogP contribution in [-0.4, -0.2) is 64.9 Å². The van der Waals surface area contributed by atoms with Gasteiger partial charge in [-0.3, -0.25) is 14.9 Å². The van der Waals surface area contributed by atoms with Gasteiger partial charge in [-0.05, 0) is 56.7 Å². The third-order valence-corrected chi connectivity index (χ3v) is 6.34. The van der Waals surface area contributed by atoms with Crippen molar-refractivity contribution in [3.63, 3.8) is 0 Å². The van der Waals surface area contributed by atoms with Crippen LogP contribution in [0.2, 0.25) is 0 Å². The van der Waals surface area contributed by atoms with Crippen LogP contribution in [0.4, 0.5) is 11.6 Å². The van der Waals surface area contributed by atoms with Crippen LogP contribution in [-0.2, 0) is 16.0 Å². The molecule has 0 bridgehead atoms. The molecule has 10 nitrogen and oxygen atoms in total. The zero-order chi connectivity index (χ0) is 25.1. The summed E-state index contributed by atoms with van der Waals surface area (Å²) >= 11 is 0. The number of fused-ring (bicyclic) bond motifs is 2. The molecule has 0 saturated carbocycles. The first-order chi connectivity index (χ1) is 17.5. The van der Waals surface area contributed by atoms with Gasteiger partial charge in [-0.2, -0.15) is 0 Å². The number of amides is 1. The highest BCUT2D eigenvalue weighted by molar-refractivity contribution is 6.04. The molecular formula is C26H30N6O4. The standard InChI is InChI=1S/C26H30N6O4/c1-3-35-12-4-9-32-23-16-21-20(28-24(33)17(2)27-21)15-22(23)29-26(32)30-25(34)18-5-7-19(8-6-18)31-10-13-36-14-11-31/h5-8,15-16H,3-4,9-14H2,1-2H3,(H,28,33)(H,29,30,34). The Balaban J connectivity index is 1.44. The number of aryl methyl sites for hydroxylation is 2. The fraction of sp³-hybridized carbons (Fsp3) is 0.385. The van der Waals surface area contributed by atoms with E-state index in [1.807, 2.05) is 41.8 Å². The Kier molecular flexibility index (Phi) is 6.97. The van der Waals surface area contributed by atoms with Crippen LogP contribution in [0.1, 0.15) is 29.4 Å². The summed E-state index contributed by atoms with van der Waals surface area (Å²) in [4.78, 5) is 39.4. The molecule has 1 saturated heterocycles. The number of aromatic amines is 1. The lowest BCUT2D eigenvalue weighted by atomic mass is 10.2. The molecule has 3 heterocycles. The predicted octanol–water partition coefficient (Wildman–Crippen LogP) is 3.10. The zero-order valence-corrected chi connectivity index (χ0v) is 20.5. The molecule has 1 aliphatic rings. The van der Waals surface area contributed by atoms with Crippen LogP contribution < -0.4 is 15.8 Å². The summed E-state index contributed by atoms with van der Waals surface area (Å²) in [5, 5.41) is 2.98. The summed E-state index contributed by atoms with van der Waals surface area (Å²) in [7, 11) is 0. The Labute approximate surface area is 208 Å². The van der Waals surface area contributed by atoms with Crippen LogP contribution in [0, 0.1) is 6.92 Å². The second kappa shape index (κ2) is 10.5. The number of ether oxygens (including phenoxy) is 2. The average Bonchev–Trinajstić information content (AvgIpc) is 3.22. The number of imidazole rings is 1. The maximum atomic E-state index is 13.1. The second-order valence-corrected chi connectivity index (χ2v) is 8.75. The number of aromatic nitrogens is 4. The fourth-order valence-electron chi connectivity index (χ4n) is 4.41. The molecule has 1 amide bonds. The van der Waals surface area contributed by atoms with Crippen molar-refractivity contribution in [2.45, 2.75) is 26.8 Å². The minimum absolute atomic E-state index is 0.230. The van der Waals surface area contributed by atoms with Gasteiger partial charge in [0.1, 0.15) is 5.69 Å². The van der Waals surface area contributed by atoms with Gasteiger partial charge in [0.05, 0.1) is 35.3 Å². The van der Waals surface area contributed by atoms with E-state index in [0.29, 0.717) is 66.7 Å². The number of anilines is 2. The number of rotatable bonds is 8. The molecule has 4 aromatic rings. The number of morpholine rings is 1. The maximum Gasteiger partial charge on any atom is 0.269 e. The average molecular weight is 491 g/mol. The number of nitrogens with zero attached hydrogens (tertiary/aromatic N) is 4. The quantitative estimate of drug-likeness (QED) is 0.365. The summed E-state index contributed by atoms with van der Waals surface area (Å²) < 4.78 is 12.9. The molecular weight excluding hydrogens is 460 g/mol. The molecule has 5 rings (SSSR count). The van der Waals surface area contributed by atoms with Gasteiger partial charge in [0.2, 0.25) is 5.95 Å². The lowest BCUT2D eigenvalue weighted by Crippen LogP contribution is -2.36. The van der Waals surface area contributed by atoms with Crippen LogP contribution in [0.3, 0.4) is 0 Å². The van der Waals surface area contributed by atoms with Crippen molar-refractivity contribution in [2.24, 2.45) is 0 Å². The van der Waals surface area contributed by atoms with Gasteiger partial charge < -0.3 is 23.9 Å².